The molecular formula is C28H31N3O2. The summed E-state index contributed by atoms with van der Waals surface area (Å²) in [5, 5.41) is 2.90. The number of hydrogen-bond acceptors (Lipinski definition) is 3. The SMILES string of the molecule is CC(C)c1ccc(N(Cc2ccc(N(C)C)cc2)C(=O)C2CC(=O)Nc3ccccc32)cc1. The summed E-state index contributed by atoms with van der Waals surface area (Å²) in [7, 11) is 4.01. The zero-order valence-corrected chi connectivity index (χ0v) is 19.7. The van der Waals surface area contributed by atoms with E-state index >= 15 is 0 Å². The number of benzene rings is 3. The van der Waals surface area contributed by atoms with Crippen LogP contribution in [0.4, 0.5) is 17.1 Å². The Morgan fingerprint density at radius 1 is 0.939 bits per heavy atom. The number of rotatable bonds is 6. The lowest BCUT2D eigenvalue weighted by Crippen LogP contribution is -2.38. The maximum absolute atomic E-state index is 13.9. The molecule has 5 nitrogen and oxygen atoms in total. The van der Waals surface area contributed by atoms with Gasteiger partial charge in [0.2, 0.25) is 11.8 Å². The number of carbonyl (C=O) groups is 2. The van der Waals surface area contributed by atoms with Crippen LogP contribution in [-0.2, 0) is 16.1 Å². The second-order valence-corrected chi connectivity index (χ2v) is 9.12. The zero-order chi connectivity index (χ0) is 23.5. The van der Waals surface area contributed by atoms with Crippen molar-refractivity contribution in [2.45, 2.75) is 38.6 Å². The highest BCUT2D eigenvalue weighted by Gasteiger charge is 2.34. The molecule has 0 aliphatic carbocycles. The molecular weight excluding hydrogens is 410 g/mol. The number of nitrogens with one attached hydrogen (secondary N) is 1. The van der Waals surface area contributed by atoms with Crippen LogP contribution in [0.15, 0.2) is 72.8 Å². The molecule has 0 saturated heterocycles. The van der Waals surface area contributed by atoms with Crippen LogP contribution >= 0.6 is 0 Å². The molecule has 1 atom stereocenters. The largest absolute Gasteiger partial charge is 0.378 e. The highest BCUT2D eigenvalue weighted by atomic mass is 16.2. The van der Waals surface area contributed by atoms with Gasteiger partial charge < -0.3 is 15.1 Å². The third kappa shape index (κ3) is 4.92. The van der Waals surface area contributed by atoms with Crippen molar-refractivity contribution in [3.05, 3.63) is 89.5 Å². The van der Waals surface area contributed by atoms with Crippen LogP contribution in [0.25, 0.3) is 0 Å². The van der Waals surface area contributed by atoms with Crippen molar-refractivity contribution in [1.82, 2.24) is 0 Å². The number of hydrogen-bond donors (Lipinski definition) is 1. The van der Waals surface area contributed by atoms with Crippen LogP contribution < -0.4 is 15.1 Å². The standard InChI is InChI=1S/C28H31N3O2/c1-19(2)21-11-15-23(16-12-21)31(18-20-9-13-22(14-10-20)30(3)4)28(33)25-17-27(32)29-26-8-6-5-7-24(25)26/h5-16,19,25H,17-18H2,1-4H3,(H,29,32). The predicted octanol–water partition coefficient (Wildman–Crippen LogP) is 5.54. The summed E-state index contributed by atoms with van der Waals surface area (Å²) < 4.78 is 0. The topological polar surface area (TPSA) is 52.7 Å². The Morgan fingerprint density at radius 3 is 2.21 bits per heavy atom. The Bertz CT molecular complexity index is 1130. The fourth-order valence-corrected chi connectivity index (χ4v) is 4.24. The molecule has 1 N–H and O–H groups in total. The van der Waals surface area contributed by atoms with Crippen molar-refractivity contribution >= 4 is 28.9 Å². The van der Waals surface area contributed by atoms with Crippen LogP contribution in [0.1, 0.15) is 48.8 Å². The van der Waals surface area contributed by atoms with Crippen molar-refractivity contribution in [1.29, 1.82) is 0 Å². The van der Waals surface area contributed by atoms with E-state index in [-0.39, 0.29) is 18.2 Å². The normalized spacial score (nSPS) is 15.1. The van der Waals surface area contributed by atoms with Gasteiger partial charge in [0.05, 0.1) is 12.5 Å². The molecule has 5 heteroatoms. The number of amides is 2. The van der Waals surface area contributed by atoms with Gasteiger partial charge in [0, 0.05) is 37.6 Å². The molecule has 33 heavy (non-hydrogen) atoms. The first-order valence-electron chi connectivity index (χ1n) is 11.4. The molecule has 1 unspecified atom stereocenters. The summed E-state index contributed by atoms with van der Waals surface area (Å²) in [4.78, 5) is 30.2. The van der Waals surface area contributed by atoms with Crippen LogP contribution in [-0.4, -0.2) is 25.9 Å². The second kappa shape index (κ2) is 9.49. The first kappa shape index (κ1) is 22.6. The third-order valence-electron chi connectivity index (χ3n) is 6.23. The van der Waals surface area contributed by atoms with E-state index in [0.29, 0.717) is 12.5 Å². The van der Waals surface area contributed by atoms with E-state index in [0.717, 1.165) is 28.2 Å². The third-order valence-corrected chi connectivity index (χ3v) is 6.23. The van der Waals surface area contributed by atoms with E-state index in [9.17, 15) is 9.59 Å². The molecule has 170 valence electrons. The summed E-state index contributed by atoms with van der Waals surface area (Å²) in [6.45, 7) is 4.75. The van der Waals surface area contributed by atoms with Crippen LogP contribution in [0.3, 0.4) is 0 Å². The smallest absolute Gasteiger partial charge is 0.235 e. The Morgan fingerprint density at radius 2 is 1.58 bits per heavy atom. The lowest BCUT2D eigenvalue weighted by molar-refractivity contribution is -0.124. The molecule has 0 bridgehead atoms. The van der Waals surface area contributed by atoms with Crippen molar-refractivity contribution in [3.8, 4) is 0 Å². The van der Waals surface area contributed by atoms with Gasteiger partial charge in [-0.3, -0.25) is 9.59 Å². The number of fused-ring (bicyclic) bond motifs is 1. The first-order chi connectivity index (χ1) is 15.8. The molecule has 0 aromatic heterocycles. The average Bonchev–Trinajstić information content (AvgIpc) is 2.82. The zero-order valence-electron chi connectivity index (χ0n) is 19.7. The quantitative estimate of drug-likeness (QED) is 0.547. The highest BCUT2D eigenvalue weighted by Crippen LogP contribution is 2.35. The van der Waals surface area contributed by atoms with Gasteiger partial charge in [-0.15, -0.1) is 0 Å². The van der Waals surface area contributed by atoms with Crippen molar-refractivity contribution in [2.24, 2.45) is 0 Å². The van der Waals surface area contributed by atoms with Crippen molar-refractivity contribution in [3.63, 3.8) is 0 Å². The Hall–Kier alpha value is -3.60. The monoisotopic (exact) mass is 441 g/mol. The van der Waals surface area contributed by atoms with E-state index in [1.165, 1.54) is 5.56 Å². The minimum Gasteiger partial charge on any atom is -0.378 e. The highest BCUT2D eigenvalue weighted by molar-refractivity contribution is 6.06. The minimum atomic E-state index is -0.513. The minimum absolute atomic E-state index is 0.0636. The predicted molar refractivity (Wildman–Crippen MR) is 135 cm³/mol. The lowest BCUT2D eigenvalue weighted by atomic mass is 9.89. The van der Waals surface area contributed by atoms with E-state index < -0.39 is 5.92 Å². The number of anilines is 3. The fourth-order valence-electron chi connectivity index (χ4n) is 4.24. The van der Waals surface area contributed by atoms with Gasteiger partial charge >= 0.3 is 0 Å². The molecule has 1 heterocycles. The molecule has 0 saturated carbocycles. The number of carbonyl (C=O) groups excluding carboxylic acids is 2. The van der Waals surface area contributed by atoms with Gasteiger partial charge in [-0.1, -0.05) is 56.3 Å². The van der Waals surface area contributed by atoms with Crippen LogP contribution in [0.2, 0.25) is 0 Å². The van der Waals surface area contributed by atoms with E-state index in [1.54, 1.807) is 0 Å². The summed E-state index contributed by atoms with van der Waals surface area (Å²) >= 11 is 0. The lowest BCUT2D eigenvalue weighted by Gasteiger charge is -2.31. The maximum Gasteiger partial charge on any atom is 0.235 e. The molecule has 1 aliphatic heterocycles. The molecule has 1 aliphatic rings. The number of para-hydroxylation sites is 1. The van der Waals surface area contributed by atoms with Gasteiger partial charge in [-0.2, -0.15) is 0 Å². The Labute approximate surface area is 196 Å². The molecule has 3 aromatic carbocycles. The van der Waals surface area contributed by atoms with Crippen molar-refractivity contribution < 1.29 is 9.59 Å². The van der Waals surface area contributed by atoms with Gasteiger partial charge in [0.25, 0.3) is 0 Å². The summed E-state index contributed by atoms with van der Waals surface area (Å²) in [6.07, 6.45) is 0.149. The molecule has 0 radical (unpaired) electrons. The van der Waals surface area contributed by atoms with Gasteiger partial charge in [-0.05, 0) is 52.9 Å². The maximum atomic E-state index is 13.9. The average molecular weight is 442 g/mol. The van der Waals surface area contributed by atoms with E-state index in [2.05, 4.69) is 60.5 Å². The van der Waals surface area contributed by atoms with E-state index in [4.69, 9.17) is 0 Å². The molecule has 3 aromatic rings. The summed E-state index contributed by atoms with van der Waals surface area (Å²) in [5.74, 6) is -0.291. The molecule has 0 spiro atoms. The van der Waals surface area contributed by atoms with Gasteiger partial charge in [-0.25, -0.2) is 0 Å². The Kier molecular flexibility index (Phi) is 6.50. The van der Waals surface area contributed by atoms with Gasteiger partial charge in [0.1, 0.15) is 0 Å². The fraction of sp³-hybridized carbons (Fsp3) is 0.286. The molecule has 0 fully saturated rings. The summed E-state index contributed by atoms with van der Waals surface area (Å²) in [5.41, 5.74) is 5.80. The Balaban J connectivity index is 1.70. The van der Waals surface area contributed by atoms with Crippen LogP contribution in [0, 0.1) is 0 Å². The number of nitrogens with zero attached hydrogens (tertiary/aromatic N) is 2. The van der Waals surface area contributed by atoms with Gasteiger partial charge in [0.15, 0.2) is 0 Å². The molecule has 2 amide bonds. The second-order valence-electron chi connectivity index (χ2n) is 9.12. The summed E-state index contributed by atoms with van der Waals surface area (Å²) in [6, 6.07) is 24.0. The first-order valence-corrected chi connectivity index (χ1v) is 11.4. The molecule has 4 rings (SSSR count). The van der Waals surface area contributed by atoms with E-state index in [1.807, 2.05) is 55.4 Å². The van der Waals surface area contributed by atoms with Crippen molar-refractivity contribution in [2.75, 3.05) is 29.2 Å². The van der Waals surface area contributed by atoms with Crippen LogP contribution in [0.5, 0.6) is 0 Å².